The second kappa shape index (κ2) is 6.11. The van der Waals surface area contributed by atoms with Crippen molar-refractivity contribution in [2.24, 2.45) is 5.41 Å². The molecule has 0 amide bonds. The zero-order valence-electron chi connectivity index (χ0n) is 9.99. The molecule has 0 saturated heterocycles. The van der Waals surface area contributed by atoms with Crippen LogP contribution in [0.2, 0.25) is 0 Å². The lowest BCUT2D eigenvalue weighted by atomic mass is 9.84. The number of carbonyl (C=O) groups is 1. The van der Waals surface area contributed by atoms with Crippen molar-refractivity contribution < 1.29 is 22.7 Å². The summed E-state index contributed by atoms with van der Waals surface area (Å²) in [5.41, 5.74) is -2.36. The van der Waals surface area contributed by atoms with Crippen molar-refractivity contribution in [1.82, 2.24) is 0 Å². The molecule has 0 saturated carbocycles. The van der Waals surface area contributed by atoms with Gasteiger partial charge in [0.1, 0.15) is 0 Å². The van der Waals surface area contributed by atoms with E-state index in [9.17, 15) is 18.0 Å². The predicted molar refractivity (Wildman–Crippen MR) is 54.9 cm³/mol. The molecule has 2 nitrogen and oxygen atoms in total. The van der Waals surface area contributed by atoms with Gasteiger partial charge in [0.05, 0.1) is 6.61 Å². The molecule has 0 aromatic heterocycles. The fourth-order valence-electron chi connectivity index (χ4n) is 1.38. The number of hydrogen-bond acceptors (Lipinski definition) is 2. The molecule has 5 heteroatoms. The Hall–Kier alpha value is -0.740. The van der Waals surface area contributed by atoms with Crippen molar-refractivity contribution in [2.75, 3.05) is 6.61 Å². The van der Waals surface area contributed by atoms with E-state index in [4.69, 9.17) is 0 Å². The quantitative estimate of drug-likeness (QED) is 0.522. The lowest BCUT2D eigenvalue weighted by molar-refractivity contribution is -0.231. The molecule has 1 unspecified atom stereocenters. The third kappa shape index (κ3) is 3.68. The van der Waals surface area contributed by atoms with Crippen LogP contribution in [0.25, 0.3) is 0 Å². The first-order valence-corrected chi connectivity index (χ1v) is 5.53. The minimum absolute atomic E-state index is 0.0295. The first kappa shape index (κ1) is 15.3. The highest BCUT2D eigenvalue weighted by Gasteiger charge is 2.57. The average Bonchev–Trinajstić information content (AvgIpc) is 2.16. The molecule has 0 aromatic rings. The van der Waals surface area contributed by atoms with E-state index in [1.807, 2.05) is 6.92 Å². The molecule has 0 rings (SSSR count). The number of unbranched alkanes of at least 4 members (excludes halogenated alkanes) is 2. The highest BCUT2D eigenvalue weighted by molar-refractivity contribution is 5.77. The summed E-state index contributed by atoms with van der Waals surface area (Å²) in [5, 5.41) is 0. The van der Waals surface area contributed by atoms with E-state index >= 15 is 0 Å². The summed E-state index contributed by atoms with van der Waals surface area (Å²) in [5.74, 6) is -1.17. The van der Waals surface area contributed by atoms with Gasteiger partial charge in [0.2, 0.25) is 0 Å². The van der Waals surface area contributed by atoms with Gasteiger partial charge in [-0.1, -0.05) is 26.2 Å². The van der Waals surface area contributed by atoms with Gasteiger partial charge in [-0.2, -0.15) is 13.2 Å². The molecule has 0 fully saturated rings. The van der Waals surface area contributed by atoms with Gasteiger partial charge in [0, 0.05) is 0 Å². The molecule has 0 aliphatic heterocycles. The van der Waals surface area contributed by atoms with Gasteiger partial charge >= 0.3 is 12.1 Å². The molecular weight excluding hydrogens is 221 g/mol. The maximum absolute atomic E-state index is 12.8. The van der Waals surface area contributed by atoms with Crippen LogP contribution in [0.4, 0.5) is 13.2 Å². The van der Waals surface area contributed by atoms with Crippen LogP contribution < -0.4 is 0 Å². The third-order valence-electron chi connectivity index (χ3n) is 2.63. The van der Waals surface area contributed by atoms with Crippen LogP contribution in [0.5, 0.6) is 0 Å². The van der Waals surface area contributed by atoms with Crippen molar-refractivity contribution in [3.63, 3.8) is 0 Å². The first-order valence-electron chi connectivity index (χ1n) is 5.53. The number of esters is 1. The van der Waals surface area contributed by atoms with Gasteiger partial charge in [-0.25, -0.2) is 0 Å². The van der Waals surface area contributed by atoms with Crippen LogP contribution >= 0.6 is 0 Å². The van der Waals surface area contributed by atoms with E-state index < -0.39 is 17.6 Å². The van der Waals surface area contributed by atoms with Crippen LogP contribution in [0.3, 0.4) is 0 Å². The van der Waals surface area contributed by atoms with Crippen LogP contribution in [0.1, 0.15) is 46.5 Å². The summed E-state index contributed by atoms with van der Waals surface area (Å²) >= 11 is 0. The van der Waals surface area contributed by atoms with Gasteiger partial charge in [-0.05, 0) is 20.3 Å². The van der Waals surface area contributed by atoms with Crippen LogP contribution in [0.15, 0.2) is 0 Å². The van der Waals surface area contributed by atoms with Crippen molar-refractivity contribution in [3.8, 4) is 0 Å². The molecule has 0 radical (unpaired) electrons. The number of alkyl halides is 3. The highest BCUT2D eigenvalue weighted by atomic mass is 19.4. The SMILES string of the molecule is CCCCCC(C)(C(=O)OCC)C(F)(F)F. The average molecular weight is 240 g/mol. The summed E-state index contributed by atoms with van der Waals surface area (Å²) < 4.78 is 42.9. The van der Waals surface area contributed by atoms with Crippen molar-refractivity contribution >= 4 is 5.97 Å². The van der Waals surface area contributed by atoms with E-state index in [-0.39, 0.29) is 13.0 Å². The maximum Gasteiger partial charge on any atom is 0.404 e. The Labute approximate surface area is 94.2 Å². The summed E-state index contributed by atoms with van der Waals surface area (Å²) in [7, 11) is 0. The van der Waals surface area contributed by atoms with Gasteiger partial charge in [0.25, 0.3) is 0 Å². The predicted octanol–water partition coefficient (Wildman–Crippen LogP) is 3.70. The third-order valence-corrected chi connectivity index (χ3v) is 2.63. The first-order chi connectivity index (χ1) is 7.29. The second-order valence-corrected chi connectivity index (χ2v) is 4.01. The molecule has 1 atom stereocenters. The number of hydrogen-bond donors (Lipinski definition) is 0. The molecule has 0 aromatic carbocycles. The van der Waals surface area contributed by atoms with Gasteiger partial charge in [-0.3, -0.25) is 4.79 Å². The molecule has 0 heterocycles. The van der Waals surface area contributed by atoms with E-state index in [1.165, 1.54) is 6.92 Å². The Morgan fingerprint density at radius 3 is 2.12 bits per heavy atom. The smallest absolute Gasteiger partial charge is 0.404 e. The maximum atomic E-state index is 12.8. The Kier molecular flexibility index (Phi) is 5.83. The minimum atomic E-state index is -4.55. The molecule has 0 aliphatic carbocycles. The number of halogens is 3. The lowest BCUT2D eigenvalue weighted by Crippen LogP contribution is -2.43. The molecule has 0 bridgehead atoms. The van der Waals surface area contributed by atoms with E-state index in [2.05, 4.69) is 4.74 Å². The minimum Gasteiger partial charge on any atom is -0.465 e. The standard InChI is InChI=1S/C11H19F3O2/c1-4-6-7-8-10(3,11(12,13)14)9(15)16-5-2/h4-8H2,1-3H3. The van der Waals surface area contributed by atoms with Crippen LogP contribution in [-0.2, 0) is 9.53 Å². The fraction of sp³-hybridized carbons (Fsp3) is 0.909. The Morgan fingerprint density at radius 2 is 1.75 bits per heavy atom. The molecule has 0 aliphatic rings. The zero-order chi connectivity index (χ0) is 12.8. The Balaban J connectivity index is 4.68. The van der Waals surface area contributed by atoms with E-state index in [0.717, 1.165) is 13.3 Å². The van der Waals surface area contributed by atoms with Gasteiger partial charge in [-0.15, -0.1) is 0 Å². The molecule has 16 heavy (non-hydrogen) atoms. The lowest BCUT2D eigenvalue weighted by Gasteiger charge is -2.29. The highest BCUT2D eigenvalue weighted by Crippen LogP contribution is 2.43. The van der Waals surface area contributed by atoms with E-state index in [0.29, 0.717) is 12.8 Å². The van der Waals surface area contributed by atoms with Gasteiger partial charge in [0.15, 0.2) is 5.41 Å². The number of rotatable bonds is 6. The second-order valence-electron chi connectivity index (χ2n) is 4.01. The molecule has 0 spiro atoms. The van der Waals surface area contributed by atoms with Crippen molar-refractivity contribution in [1.29, 1.82) is 0 Å². The zero-order valence-corrected chi connectivity index (χ0v) is 9.99. The Bertz CT molecular complexity index is 226. The molecule has 96 valence electrons. The summed E-state index contributed by atoms with van der Waals surface area (Å²) in [6.45, 7) is 4.29. The van der Waals surface area contributed by atoms with Crippen molar-refractivity contribution in [3.05, 3.63) is 0 Å². The summed E-state index contributed by atoms with van der Waals surface area (Å²) in [6.07, 6.45) is -2.87. The summed E-state index contributed by atoms with van der Waals surface area (Å²) in [4.78, 5) is 11.4. The van der Waals surface area contributed by atoms with Crippen molar-refractivity contribution in [2.45, 2.75) is 52.6 Å². The normalized spacial score (nSPS) is 15.6. The molecular formula is C11H19F3O2. The van der Waals surface area contributed by atoms with Crippen LogP contribution in [-0.4, -0.2) is 18.8 Å². The summed E-state index contributed by atoms with van der Waals surface area (Å²) in [6, 6.07) is 0. The number of carbonyl (C=O) groups excluding carboxylic acids is 1. The van der Waals surface area contributed by atoms with Gasteiger partial charge < -0.3 is 4.74 Å². The van der Waals surface area contributed by atoms with Crippen LogP contribution in [0, 0.1) is 5.41 Å². The largest absolute Gasteiger partial charge is 0.465 e. The molecule has 0 N–H and O–H groups in total. The van der Waals surface area contributed by atoms with E-state index in [1.54, 1.807) is 0 Å². The Morgan fingerprint density at radius 1 is 1.19 bits per heavy atom. The topological polar surface area (TPSA) is 26.3 Å². The monoisotopic (exact) mass is 240 g/mol. The number of ether oxygens (including phenoxy) is 1. The fourth-order valence-corrected chi connectivity index (χ4v) is 1.38.